The normalized spacial score (nSPS) is 13.9. The highest BCUT2D eigenvalue weighted by Gasteiger charge is 2.29. The highest BCUT2D eigenvalue weighted by Crippen LogP contribution is 2.30. The Morgan fingerprint density at radius 2 is 2.00 bits per heavy atom. The smallest absolute Gasteiger partial charge is 0.228 e. The van der Waals surface area contributed by atoms with Gasteiger partial charge in [0.25, 0.3) is 0 Å². The van der Waals surface area contributed by atoms with E-state index in [2.05, 4.69) is 0 Å². The van der Waals surface area contributed by atoms with E-state index < -0.39 is 11.6 Å². The van der Waals surface area contributed by atoms with E-state index in [0.29, 0.717) is 5.56 Å². The third-order valence-electron chi connectivity index (χ3n) is 2.83. The molecular weight excluding hydrogens is 248 g/mol. The third kappa shape index (κ3) is 2.27. The Morgan fingerprint density at radius 1 is 1.32 bits per heavy atom. The number of methoxy groups -OCH3 is 1. The maximum Gasteiger partial charge on any atom is 0.228 e. The molecule has 0 atom stereocenters. The Labute approximate surface area is 109 Å². The fraction of sp³-hybridized carbons (Fsp3) is 0.214. The average molecular weight is 260 g/mol. The summed E-state index contributed by atoms with van der Waals surface area (Å²) < 4.78 is 4.83. The number of phenols is 1. The van der Waals surface area contributed by atoms with E-state index in [9.17, 15) is 19.5 Å². The van der Waals surface area contributed by atoms with Gasteiger partial charge < -0.3 is 9.84 Å². The van der Waals surface area contributed by atoms with Crippen LogP contribution in [0.25, 0.3) is 0 Å². The molecule has 0 saturated heterocycles. The first-order chi connectivity index (χ1) is 8.93. The number of allylic oxidation sites excluding steroid dienone is 2. The maximum atomic E-state index is 12.0. The average Bonchev–Trinajstić information content (AvgIpc) is 2.32. The van der Waals surface area contributed by atoms with Gasteiger partial charge in [-0.25, -0.2) is 0 Å². The largest absolute Gasteiger partial charge is 0.507 e. The Bertz CT molecular complexity index is 625. The van der Waals surface area contributed by atoms with Crippen LogP contribution in [0.3, 0.4) is 0 Å². The number of hydrogen-bond donors (Lipinski definition) is 1. The molecule has 0 bridgehead atoms. The molecule has 19 heavy (non-hydrogen) atoms. The number of aromatic hydroxyl groups is 1. The summed E-state index contributed by atoms with van der Waals surface area (Å²) >= 11 is 0. The van der Waals surface area contributed by atoms with E-state index in [-0.39, 0.29) is 34.8 Å². The lowest BCUT2D eigenvalue weighted by atomic mass is 9.90. The molecule has 2 rings (SSSR count). The molecule has 1 aliphatic rings. The number of Topliss-reactive ketones (excluding diaryl/α,β-unsaturated/α-hetero) is 2. The Hall–Kier alpha value is -2.43. The predicted octanol–water partition coefficient (Wildman–Crippen LogP) is 1.43. The molecule has 1 aromatic rings. The van der Waals surface area contributed by atoms with Gasteiger partial charge in [-0.15, -0.1) is 0 Å². The number of carbonyl (C=O) groups is 3. The van der Waals surface area contributed by atoms with E-state index >= 15 is 0 Å². The zero-order valence-corrected chi connectivity index (χ0v) is 10.5. The van der Waals surface area contributed by atoms with Gasteiger partial charge in [0, 0.05) is 18.1 Å². The van der Waals surface area contributed by atoms with Crippen molar-refractivity contribution in [2.24, 2.45) is 0 Å². The molecule has 1 aromatic carbocycles. The summed E-state index contributed by atoms with van der Waals surface area (Å²) in [5.74, 6) is -1.43. The van der Waals surface area contributed by atoms with Crippen LogP contribution in [0, 0.1) is 0 Å². The second-order valence-electron chi connectivity index (χ2n) is 4.32. The second kappa shape index (κ2) is 4.68. The molecular formula is C14H12O5. The molecule has 0 radical (unpaired) electrons. The van der Waals surface area contributed by atoms with Crippen molar-refractivity contribution in [1.82, 2.24) is 0 Å². The van der Waals surface area contributed by atoms with Gasteiger partial charge in [-0.3, -0.25) is 14.4 Å². The summed E-state index contributed by atoms with van der Waals surface area (Å²) in [5, 5.41) is 9.84. The van der Waals surface area contributed by atoms with Gasteiger partial charge in [0.05, 0.1) is 12.7 Å². The van der Waals surface area contributed by atoms with Crippen LogP contribution in [0.4, 0.5) is 0 Å². The van der Waals surface area contributed by atoms with Crippen molar-refractivity contribution in [3.63, 3.8) is 0 Å². The topological polar surface area (TPSA) is 80.7 Å². The standard InChI is InChI=1S/C14H12O5/c1-7(15)3-8-4-9-13(10(16)5-8)11(17)6-12(19-2)14(9)18/h4-6,16H,3H2,1-2H3. The summed E-state index contributed by atoms with van der Waals surface area (Å²) in [7, 11) is 1.29. The minimum absolute atomic E-state index is 0.0434. The van der Waals surface area contributed by atoms with Gasteiger partial charge in [0.2, 0.25) is 5.78 Å². The molecule has 0 aromatic heterocycles. The predicted molar refractivity (Wildman–Crippen MR) is 66.2 cm³/mol. The van der Waals surface area contributed by atoms with E-state index in [1.165, 1.54) is 26.2 Å². The number of fused-ring (bicyclic) bond motifs is 1. The Balaban J connectivity index is 2.59. The number of ether oxygens (including phenoxy) is 1. The molecule has 0 fully saturated rings. The molecule has 0 spiro atoms. The fourth-order valence-corrected chi connectivity index (χ4v) is 2.05. The van der Waals surface area contributed by atoms with Crippen molar-refractivity contribution in [2.75, 3.05) is 7.11 Å². The third-order valence-corrected chi connectivity index (χ3v) is 2.83. The van der Waals surface area contributed by atoms with Crippen LogP contribution in [0.1, 0.15) is 33.2 Å². The van der Waals surface area contributed by atoms with Crippen molar-refractivity contribution in [3.05, 3.63) is 40.7 Å². The van der Waals surface area contributed by atoms with Crippen molar-refractivity contribution >= 4 is 17.3 Å². The molecule has 0 unspecified atom stereocenters. The molecule has 0 heterocycles. The zero-order chi connectivity index (χ0) is 14.2. The molecule has 1 N–H and O–H groups in total. The first kappa shape index (κ1) is 13.0. The zero-order valence-electron chi connectivity index (χ0n) is 10.5. The molecule has 5 heteroatoms. The molecule has 98 valence electrons. The van der Waals surface area contributed by atoms with Gasteiger partial charge in [0.15, 0.2) is 11.5 Å². The SMILES string of the molecule is COC1=CC(=O)c2c(O)cc(CC(C)=O)cc2C1=O. The summed E-state index contributed by atoms with van der Waals surface area (Å²) in [4.78, 5) is 35.0. The first-order valence-corrected chi connectivity index (χ1v) is 5.64. The monoisotopic (exact) mass is 260 g/mol. The lowest BCUT2D eigenvalue weighted by Crippen LogP contribution is -2.18. The van der Waals surface area contributed by atoms with Gasteiger partial charge >= 0.3 is 0 Å². The van der Waals surface area contributed by atoms with Crippen molar-refractivity contribution in [1.29, 1.82) is 0 Å². The van der Waals surface area contributed by atoms with Gasteiger partial charge in [-0.2, -0.15) is 0 Å². The van der Waals surface area contributed by atoms with Gasteiger partial charge in [-0.1, -0.05) is 0 Å². The number of ketones is 3. The Kier molecular flexibility index (Phi) is 3.21. The molecule has 1 aliphatic carbocycles. The highest BCUT2D eigenvalue weighted by molar-refractivity contribution is 6.24. The Morgan fingerprint density at radius 3 is 2.58 bits per heavy atom. The van der Waals surface area contributed by atoms with Gasteiger partial charge in [0.1, 0.15) is 11.5 Å². The molecule has 0 amide bonds. The van der Waals surface area contributed by atoms with E-state index in [4.69, 9.17) is 4.74 Å². The van der Waals surface area contributed by atoms with Crippen molar-refractivity contribution in [3.8, 4) is 5.75 Å². The summed E-state index contributed by atoms with van der Waals surface area (Å²) in [6.45, 7) is 1.41. The molecule has 0 aliphatic heterocycles. The van der Waals surface area contributed by atoms with E-state index in [1.54, 1.807) is 0 Å². The van der Waals surface area contributed by atoms with Crippen LogP contribution in [0.15, 0.2) is 24.0 Å². The van der Waals surface area contributed by atoms with Crippen LogP contribution < -0.4 is 0 Å². The van der Waals surface area contributed by atoms with Crippen LogP contribution in [-0.2, 0) is 16.0 Å². The highest BCUT2D eigenvalue weighted by atomic mass is 16.5. The van der Waals surface area contributed by atoms with Crippen LogP contribution in [0.5, 0.6) is 5.75 Å². The van der Waals surface area contributed by atoms with Crippen LogP contribution in [-0.4, -0.2) is 29.6 Å². The molecule has 0 saturated carbocycles. The quantitative estimate of drug-likeness (QED) is 0.889. The van der Waals surface area contributed by atoms with Crippen LogP contribution >= 0.6 is 0 Å². The second-order valence-corrected chi connectivity index (χ2v) is 4.32. The van der Waals surface area contributed by atoms with Gasteiger partial charge in [-0.05, 0) is 24.6 Å². The van der Waals surface area contributed by atoms with Crippen molar-refractivity contribution in [2.45, 2.75) is 13.3 Å². The fourth-order valence-electron chi connectivity index (χ4n) is 2.05. The van der Waals surface area contributed by atoms with Crippen LogP contribution in [0.2, 0.25) is 0 Å². The minimum atomic E-state index is -0.488. The number of rotatable bonds is 3. The maximum absolute atomic E-state index is 12.0. The number of hydrogen-bond acceptors (Lipinski definition) is 5. The van der Waals surface area contributed by atoms with E-state index in [1.807, 2.05) is 0 Å². The van der Waals surface area contributed by atoms with E-state index in [0.717, 1.165) is 6.08 Å². The summed E-state index contributed by atoms with van der Waals surface area (Å²) in [5.41, 5.74) is 0.515. The summed E-state index contributed by atoms with van der Waals surface area (Å²) in [6.07, 6.45) is 1.14. The number of carbonyl (C=O) groups excluding carboxylic acids is 3. The summed E-state index contributed by atoms with van der Waals surface area (Å²) in [6, 6.07) is 2.78. The first-order valence-electron chi connectivity index (χ1n) is 5.64. The number of phenolic OH excluding ortho intramolecular Hbond substituents is 1. The minimum Gasteiger partial charge on any atom is -0.507 e. The lowest BCUT2D eigenvalue weighted by molar-refractivity contribution is -0.116. The van der Waals surface area contributed by atoms with Crippen molar-refractivity contribution < 1.29 is 24.2 Å². The molecule has 5 nitrogen and oxygen atoms in total. The lowest BCUT2D eigenvalue weighted by Gasteiger charge is -2.16. The number of benzene rings is 1.